The molecule has 1 aliphatic carbocycles. The molecular weight excluding hydrogens is 452 g/mol. The quantitative estimate of drug-likeness (QED) is 0.615. The summed E-state index contributed by atoms with van der Waals surface area (Å²) >= 11 is 9.26. The van der Waals surface area contributed by atoms with Crippen molar-refractivity contribution in [3.63, 3.8) is 0 Å². The average Bonchev–Trinajstić information content (AvgIpc) is 3.45. The third kappa shape index (κ3) is 5.10. The smallest absolute Gasteiger partial charge is 0.243 e. The molecule has 0 N–H and O–H groups in total. The summed E-state index contributed by atoms with van der Waals surface area (Å²) in [6.45, 7) is 0.271. The molecule has 8 heteroatoms. The molecule has 0 unspecified atom stereocenters. The van der Waals surface area contributed by atoms with E-state index in [4.69, 9.17) is 11.6 Å². The molecule has 0 heterocycles. The number of rotatable bonds is 7. The number of hydrogen-bond acceptors (Lipinski definition) is 3. The molecule has 5 nitrogen and oxygen atoms in total. The highest BCUT2D eigenvalue weighted by Crippen LogP contribution is 2.29. The van der Waals surface area contributed by atoms with Gasteiger partial charge in [-0.25, -0.2) is 8.42 Å². The van der Waals surface area contributed by atoms with Crippen LogP contribution in [-0.4, -0.2) is 43.2 Å². The van der Waals surface area contributed by atoms with E-state index in [1.54, 1.807) is 4.90 Å². The van der Waals surface area contributed by atoms with E-state index in [9.17, 15) is 13.2 Å². The second-order valence-electron chi connectivity index (χ2n) is 6.60. The summed E-state index contributed by atoms with van der Waals surface area (Å²) in [4.78, 5) is 14.7. The molecule has 0 spiro atoms. The van der Waals surface area contributed by atoms with Crippen LogP contribution in [0.2, 0.25) is 5.02 Å². The second-order valence-corrected chi connectivity index (χ2v) is 9.99. The minimum atomic E-state index is -3.75. The van der Waals surface area contributed by atoms with Gasteiger partial charge in [-0.1, -0.05) is 39.7 Å². The zero-order chi connectivity index (χ0) is 19.6. The fraction of sp³-hybridized carbons (Fsp3) is 0.316. The van der Waals surface area contributed by atoms with Crippen molar-refractivity contribution in [2.24, 2.45) is 0 Å². The Kier molecular flexibility index (Phi) is 6.25. The Labute approximate surface area is 173 Å². The molecule has 2 aromatic rings. The summed E-state index contributed by atoms with van der Waals surface area (Å²) in [5, 5.41) is 0.460. The molecule has 0 aliphatic heterocycles. The number of benzene rings is 2. The van der Waals surface area contributed by atoms with Gasteiger partial charge in [-0.05, 0) is 54.8 Å². The molecule has 0 aromatic heterocycles. The topological polar surface area (TPSA) is 57.7 Å². The van der Waals surface area contributed by atoms with Gasteiger partial charge in [0.05, 0.1) is 11.4 Å². The molecule has 144 valence electrons. The van der Waals surface area contributed by atoms with Gasteiger partial charge in [-0.15, -0.1) is 0 Å². The Hall–Kier alpha value is -1.41. The Bertz CT molecular complexity index is 930. The first-order valence-electron chi connectivity index (χ1n) is 8.53. The maximum atomic E-state index is 12.8. The van der Waals surface area contributed by atoms with Gasteiger partial charge in [0.25, 0.3) is 0 Å². The average molecular weight is 472 g/mol. The van der Waals surface area contributed by atoms with Crippen LogP contribution in [0.25, 0.3) is 0 Å². The van der Waals surface area contributed by atoms with E-state index in [1.807, 2.05) is 24.3 Å². The molecule has 27 heavy (non-hydrogen) atoms. The van der Waals surface area contributed by atoms with Crippen LogP contribution in [0.4, 0.5) is 0 Å². The zero-order valence-electron chi connectivity index (χ0n) is 14.8. The Morgan fingerprint density at radius 3 is 2.44 bits per heavy atom. The summed E-state index contributed by atoms with van der Waals surface area (Å²) in [6, 6.07) is 13.9. The SMILES string of the molecule is CN(CC(=O)N(Cc1cccc(Br)c1)C1CC1)S(=O)(=O)c1ccc(Cl)cc1. The predicted octanol–water partition coefficient (Wildman–Crippen LogP) is 3.91. The van der Waals surface area contributed by atoms with Gasteiger partial charge in [-0.2, -0.15) is 4.31 Å². The van der Waals surface area contributed by atoms with Crippen LogP contribution in [-0.2, 0) is 21.4 Å². The van der Waals surface area contributed by atoms with Gasteiger partial charge < -0.3 is 4.90 Å². The van der Waals surface area contributed by atoms with Crippen molar-refractivity contribution in [3.8, 4) is 0 Å². The van der Waals surface area contributed by atoms with E-state index in [2.05, 4.69) is 15.9 Å². The van der Waals surface area contributed by atoms with E-state index in [0.717, 1.165) is 27.2 Å². The molecule has 0 saturated heterocycles. The van der Waals surface area contributed by atoms with Crippen LogP contribution >= 0.6 is 27.5 Å². The van der Waals surface area contributed by atoms with Crippen molar-refractivity contribution >= 4 is 43.5 Å². The standard InChI is InChI=1S/C19H20BrClN2O3S/c1-22(27(25,26)18-9-5-16(21)6-10-18)13-19(24)23(17-7-8-17)12-14-3-2-4-15(20)11-14/h2-6,9-11,17H,7-8,12-13H2,1H3. The van der Waals surface area contributed by atoms with Crippen molar-refractivity contribution in [1.29, 1.82) is 0 Å². The van der Waals surface area contributed by atoms with Gasteiger partial charge >= 0.3 is 0 Å². The number of halogens is 2. The third-order valence-corrected chi connectivity index (χ3v) is 6.99. The summed E-state index contributed by atoms with van der Waals surface area (Å²) in [6.07, 6.45) is 1.90. The lowest BCUT2D eigenvalue weighted by molar-refractivity contribution is -0.132. The number of carbonyl (C=O) groups excluding carboxylic acids is 1. The second kappa shape index (κ2) is 8.31. The Morgan fingerprint density at radius 2 is 1.85 bits per heavy atom. The first kappa shape index (κ1) is 20.3. The van der Waals surface area contributed by atoms with Crippen LogP contribution in [0.15, 0.2) is 57.9 Å². The molecule has 0 bridgehead atoms. The molecule has 3 rings (SSSR count). The number of hydrogen-bond donors (Lipinski definition) is 0. The van der Waals surface area contributed by atoms with Crippen molar-refractivity contribution in [2.75, 3.05) is 13.6 Å². The van der Waals surface area contributed by atoms with Crippen LogP contribution in [0, 0.1) is 0 Å². The fourth-order valence-corrected chi connectivity index (χ4v) is 4.48. The maximum absolute atomic E-state index is 12.8. The lowest BCUT2D eigenvalue weighted by Gasteiger charge is -2.25. The van der Waals surface area contributed by atoms with Crippen molar-refractivity contribution < 1.29 is 13.2 Å². The van der Waals surface area contributed by atoms with Crippen molar-refractivity contribution in [1.82, 2.24) is 9.21 Å². The molecule has 1 amide bonds. The van der Waals surface area contributed by atoms with Crippen LogP contribution < -0.4 is 0 Å². The predicted molar refractivity (Wildman–Crippen MR) is 109 cm³/mol. The van der Waals surface area contributed by atoms with Crippen LogP contribution in [0.5, 0.6) is 0 Å². The Morgan fingerprint density at radius 1 is 1.19 bits per heavy atom. The zero-order valence-corrected chi connectivity index (χ0v) is 18.0. The molecule has 1 saturated carbocycles. The van der Waals surface area contributed by atoms with Gasteiger partial charge in [0, 0.05) is 29.1 Å². The third-order valence-electron chi connectivity index (χ3n) is 4.43. The highest BCUT2D eigenvalue weighted by atomic mass is 79.9. The highest BCUT2D eigenvalue weighted by molar-refractivity contribution is 9.10. The molecule has 2 aromatic carbocycles. The van der Waals surface area contributed by atoms with E-state index in [-0.39, 0.29) is 23.4 Å². The van der Waals surface area contributed by atoms with E-state index in [1.165, 1.54) is 31.3 Å². The monoisotopic (exact) mass is 470 g/mol. The highest BCUT2D eigenvalue weighted by Gasteiger charge is 2.34. The van der Waals surface area contributed by atoms with Gasteiger partial charge in [0.15, 0.2) is 0 Å². The van der Waals surface area contributed by atoms with E-state index < -0.39 is 10.0 Å². The summed E-state index contributed by atoms with van der Waals surface area (Å²) in [7, 11) is -2.33. The molecular formula is C19H20BrClN2O3S. The van der Waals surface area contributed by atoms with E-state index in [0.29, 0.717) is 11.6 Å². The normalized spacial score (nSPS) is 14.4. The van der Waals surface area contributed by atoms with Crippen molar-refractivity contribution in [2.45, 2.75) is 30.3 Å². The molecule has 0 atom stereocenters. The molecule has 0 radical (unpaired) electrons. The lowest BCUT2D eigenvalue weighted by atomic mass is 10.2. The largest absolute Gasteiger partial charge is 0.334 e. The lowest BCUT2D eigenvalue weighted by Crippen LogP contribution is -2.41. The van der Waals surface area contributed by atoms with Gasteiger partial charge in [-0.3, -0.25) is 4.79 Å². The van der Waals surface area contributed by atoms with Gasteiger partial charge in [0.1, 0.15) is 0 Å². The number of sulfonamides is 1. The first-order valence-corrected chi connectivity index (χ1v) is 11.1. The maximum Gasteiger partial charge on any atom is 0.243 e. The number of nitrogens with zero attached hydrogens (tertiary/aromatic N) is 2. The minimum Gasteiger partial charge on any atom is -0.334 e. The summed E-state index contributed by atoms with van der Waals surface area (Å²) in [5.41, 5.74) is 1.01. The number of likely N-dealkylation sites (N-methyl/N-ethyl adjacent to an activating group) is 1. The van der Waals surface area contributed by atoms with Crippen molar-refractivity contribution in [3.05, 3.63) is 63.6 Å². The number of amides is 1. The first-order chi connectivity index (χ1) is 12.8. The van der Waals surface area contributed by atoms with E-state index >= 15 is 0 Å². The molecule has 1 aliphatic rings. The van der Waals surface area contributed by atoms with Crippen LogP contribution in [0.3, 0.4) is 0 Å². The summed E-state index contributed by atoms with van der Waals surface area (Å²) in [5.74, 6) is -0.197. The fourth-order valence-electron chi connectivity index (χ4n) is 2.79. The summed E-state index contributed by atoms with van der Waals surface area (Å²) < 4.78 is 27.4. The van der Waals surface area contributed by atoms with Crippen LogP contribution in [0.1, 0.15) is 18.4 Å². The number of carbonyl (C=O) groups is 1. The Balaban J connectivity index is 1.72. The minimum absolute atomic E-state index is 0.118. The molecule has 1 fully saturated rings. The van der Waals surface area contributed by atoms with Gasteiger partial charge in [0.2, 0.25) is 15.9 Å².